The van der Waals surface area contributed by atoms with Crippen LogP contribution in [0.25, 0.3) is 10.2 Å². The van der Waals surface area contributed by atoms with Crippen molar-refractivity contribution < 1.29 is 0 Å². The predicted molar refractivity (Wildman–Crippen MR) is 97.1 cm³/mol. The monoisotopic (exact) mass is 345 g/mol. The van der Waals surface area contributed by atoms with Gasteiger partial charge in [-0.1, -0.05) is 18.2 Å². The number of allylic oxidation sites excluding steroid dienone is 1. The zero-order valence-electron chi connectivity index (χ0n) is 13.3. The third-order valence-electron chi connectivity index (χ3n) is 3.54. The Labute approximate surface area is 144 Å². The highest BCUT2D eigenvalue weighted by molar-refractivity contribution is 7.71. The van der Waals surface area contributed by atoms with Gasteiger partial charge in [0, 0.05) is 6.54 Å². The number of para-hydroxylation sites is 1. The van der Waals surface area contributed by atoms with Crippen LogP contribution in [0.5, 0.6) is 0 Å². The Kier molecular flexibility index (Phi) is 4.70. The van der Waals surface area contributed by atoms with Crippen LogP contribution in [0.1, 0.15) is 10.8 Å². The van der Waals surface area contributed by atoms with Gasteiger partial charge >= 0.3 is 0 Å². The van der Waals surface area contributed by atoms with E-state index in [9.17, 15) is 0 Å². The normalized spacial score (nSPS) is 11.4. The second-order valence-corrected chi connectivity index (χ2v) is 6.94. The third-order valence-corrected chi connectivity index (χ3v) is 4.99. The van der Waals surface area contributed by atoms with Crippen LogP contribution >= 0.6 is 23.6 Å². The van der Waals surface area contributed by atoms with Gasteiger partial charge in [-0.15, -0.1) is 17.9 Å². The van der Waals surface area contributed by atoms with Gasteiger partial charge in [-0.25, -0.2) is 9.67 Å². The summed E-state index contributed by atoms with van der Waals surface area (Å²) in [6.45, 7) is 7.82. The number of rotatable bonds is 6. The van der Waals surface area contributed by atoms with Crippen molar-refractivity contribution in [3.8, 4) is 0 Å². The molecular formula is C16H19N5S2. The molecule has 0 amide bonds. The van der Waals surface area contributed by atoms with Gasteiger partial charge in [0.15, 0.2) is 4.77 Å². The highest BCUT2D eigenvalue weighted by atomic mass is 32.1. The maximum Gasteiger partial charge on any atom is 0.199 e. The number of aryl methyl sites for hydroxylation is 1. The Morgan fingerprint density at radius 2 is 2.17 bits per heavy atom. The number of hydrogen-bond acceptors (Lipinski definition) is 5. The van der Waals surface area contributed by atoms with E-state index in [1.54, 1.807) is 11.3 Å². The summed E-state index contributed by atoms with van der Waals surface area (Å²) in [7, 11) is 2.05. The Morgan fingerprint density at radius 1 is 1.39 bits per heavy atom. The molecule has 120 valence electrons. The molecule has 0 saturated heterocycles. The van der Waals surface area contributed by atoms with Gasteiger partial charge in [-0.3, -0.25) is 4.90 Å². The van der Waals surface area contributed by atoms with Crippen LogP contribution in [0.4, 0.5) is 0 Å². The number of benzene rings is 1. The molecule has 5 nitrogen and oxygen atoms in total. The molecule has 0 spiro atoms. The van der Waals surface area contributed by atoms with Crippen LogP contribution < -0.4 is 0 Å². The smallest absolute Gasteiger partial charge is 0.199 e. The van der Waals surface area contributed by atoms with Crippen LogP contribution in [0, 0.1) is 11.7 Å². The van der Waals surface area contributed by atoms with E-state index in [1.807, 2.05) is 40.4 Å². The summed E-state index contributed by atoms with van der Waals surface area (Å²) in [4.78, 5) is 6.84. The Bertz CT molecular complexity index is 856. The zero-order chi connectivity index (χ0) is 16.4. The number of nitrogens with zero attached hydrogens (tertiary/aromatic N) is 5. The zero-order valence-corrected chi connectivity index (χ0v) is 14.9. The summed E-state index contributed by atoms with van der Waals surface area (Å²) in [6.07, 6.45) is 1.83. The molecule has 0 bridgehead atoms. The molecular weight excluding hydrogens is 326 g/mol. The van der Waals surface area contributed by atoms with Gasteiger partial charge in [0.25, 0.3) is 0 Å². The van der Waals surface area contributed by atoms with Crippen LogP contribution in [-0.2, 0) is 19.8 Å². The van der Waals surface area contributed by atoms with Crippen molar-refractivity contribution in [3.05, 3.63) is 52.5 Å². The lowest BCUT2D eigenvalue weighted by molar-refractivity contribution is 0.243. The van der Waals surface area contributed by atoms with Crippen molar-refractivity contribution in [1.29, 1.82) is 0 Å². The number of aromatic nitrogens is 4. The van der Waals surface area contributed by atoms with Gasteiger partial charge < -0.3 is 4.57 Å². The lowest BCUT2D eigenvalue weighted by Gasteiger charge is -2.14. The second kappa shape index (κ2) is 6.74. The minimum atomic E-state index is 0.639. The molecule has 3 rings (SSSR count). The van der Waals surface area contributed by atoms with Gasteiger partial charge in [0.2, 0.25) is 0 Å². The molecule has 0 radical (unpaired) electrons. The molecule has 0 aliphatic rings. The van der Waals surface area contributed by atoms with E-state index < -0.39 is 0 Å². The molecule has 2 aromatic heterocycles. The third kappa shape index (κ3) is 3.41. The van der Waals surface area contributed by atoms with Crippen molar-refractivity contribution in [2.45, 2.75) is 26.7 Å². The first-order chi connectivity index (χ1) is 11.1. The van der Waals surface area contributed by atoms with Crippen LogP contribution in [0.2, 0.25) is 0 Å². The Hall–Kier alpha value is -1.83. The first-order valence-electron chi connectivity index (χ1n) is 7.36. The first-order valence-corrected chi connectivity index (χ1v) is 8.59. The lowest BCUT2D eigenvalue weighted by atomic mass is 10.3. The van der Waals surface area contributed by atoms with E-state index in [0.717, 1.165) is 27.7 Å². The molecule has 0 saturated carbocycles. The summed E-state index contributed by atoms with van der Waals surface area (Å²) in [5, 5.41) is 5.62. The quantitative estimate of drug-likeness (QED) is 0.505. The summed E-state index contributed by atoms with van der Waals surface area (Å²) in [5.41, 5.74) is 1.06. The Balaban J connectivity index is 1.74. The average Bonchev–Trinajstić information content (AvgIpc) is 3.03. The fraction of sp³-hybridized carbons (Fsp3) is 0.312. The molecule has 0 atom stereocenters. The van der Waals surface area contributed by atoms with Gasteiger partial charge in [0.05, 0.1) is 23.4 Å². The molecule has 0 unspecified atom stereocenters. The summed E-state index contributed by atoms with van der Waals surface area (Å²) in [6, 6.07) is 8.21. The van der Waals surface area contributed by atoms with Crippen LogP contribution in [-0.4, -0.2) is 31.3 Å². The number of fused-ring (bicyclic) bond motifs is 1. The summed E-state index contributed by atoms with van der Waals surface area (Å²) in [5.74, 6) is 0.906. The number of thiazole rings is 1. The molecule has 7 heteroatoms. The van der Waals surface area contributed by atoms with E-state index in [4.69, 9.17) is 12.2 Å². The van der Waals surface area contributed by atoms with Crippen molar-refractivity contribution in [1.82, 2.24) is 24.2 Å². The van der Waals surface area contributed by atoms with Crippen molar-refractivity contribution in [2.24, 2.45) is 0 Å². The average molecular weight is 345 g/mol. The Morgan fingerprint density at radius 3 is 2.91 bits per heavy atom. The highest BCUT2D eigenvalue weighted by Gasteiger charge is 2.10. The van der Waals surface area contributed by atoms with Crippen LogP contribution in [0.15, 0.2) is 36.9 Å². The van der Waals surface area contributed by atoms with Gasteiger partial charge in [0.1, 0.15) is 10.8 Å². The lowest BCUT2D eigenvalue weighted by Crippen LogP contribution is -2.22. The molecule has 0 N–H and O–H groups in total. The van der Waals surface area contributed by atoms with E-state index >= 15 is 0 Å². The highest BCUT2D eigenvalue weighted by Crippen LogP contribution is 2.22. The van der Waals surface area contributed by atoms with E-state index in [-0.39, 0.29) is 0 Å². The first kappa shape index (κ1) is 16.0. The van der Waals surface area contributed by atoms with Crippen molar-refractivity contribution in [2.75, 3.05) is 7.05 Å². The van der Waals surface area contributed by atoms with E-state index in [0.29, 0.717) is 13.2 Å². The van der Waals surface area contributed by atoms with Gasteiger partial charge in [-0.05, 0) is 38.3 Å². The molecule has 0 fully saturated rings. The molecule has 3 aromatic rings. The summed E-state index contributed by atoms with van der Waals surface area (Å²) < 4.78 is 5.77. The maximum absolute atomic E-state index is 5.49. The number of hydrogen-bond donors (Lipinski definition) is 0. The van der Waals surface area contributed by atoms with E-state index in [2.05, 4.69) is 34.7 Å². The largest absolute Gasteiger partial charge is 0.300 e. The minimum Gasteiger partial charge on any atom is -0.300 e. The second-order valence-electron chi connectivity index (χ2n) is 5.46. The van der Waals surface area contributed by atoms with Crippen molar-refractivity contribution in [3.63, 3.8) is 0 Å². The maximum atomic E-state index is 5.49. The fourth-order valence-corrected chi connectivity index (χ4v) is 3.83. The topological polar surface area (TPSA) is 38.9 Å². The van der Waals surface area contributed by atoms with Crippen molar-refractivity contribution >= 4 is 33.8 Å². The SMILES string of the molecule is C=CCn1c(C)nn(CN(C)Cc2nc3ccccc3s2)c1=S. The molecule has 0 aliphatic heterocycles. The predicted octanol–water partition coefficient (Wildman–Crippen LogP) is 3.61. The van der Waals surface area contributed by atoms with Crippen LogP contribution in [0.3, 0.4) is 0 Å². The van der Waals surface area contributed by atoms with E-state index in [1.165, 1.54) is 4.70 Å². The molecule has 2 heterocycles. The fourth-order valence-electron chi connectivity index (χ4n) is 2.48. The molecule has 0 aliphatic carbocycles. The standard InChI is InChI=1S/C16H19N5S2/c1-4-9-20-12(2)18-21(16(20)22)11-19(3)10-15-17-13-7-5-6-8-14(13)23-15/h4-8H,1,9-11H2,2-3H3. The minimum absolute atomic E-state index is 0.639. The molecule has 23 heavy (non-hydrogen) atoms. The summed E-state index contributed by atoms with van der Waals surface area (Å²) >= 11 is 7.22. The molecule has 1 aromatic carbocycles. The van der Waals surface area contributed by atoms with Gasteiger partial charge in [-0.2, -0.15) is 5.10 Å².